The van der Waals surface area contributed by atoms with Gasteiger partial charge in [0.05, 0.1) is 10.9 Å². The number of halogens is 2. The first-order valence-electron chi connectivity index (χ1n) is 29.0. The Hall–Kier alpha value is -3.79. The van der Waals surface area contributed by atoms with Crippen molar-refractivity contribution in [3.8, 4) is 46.0 Å². The third-order valence-electron chi connectivity index (χ3n) is 16.6. The molecule has 0 fully saturated rings. The van der Waals surface area contributed by atoms with E-state index in [1.165, 1.54) is 0 Å². The molecule has 0 amide bonds. The summed E-state index contributed by atoms with van der Waals surface area (Å²) in [6.07, 6.45) is 23.9. The molecule has 4 aliphatic heterocycles. The quantitative estimate of drug-likeness (QED) is 0.0349. The second-order valence-corrected chi connectivity index (χ2v) is 23.3. The molecule has 12 nitrogen and oxygen atoms in total. The first-order valence-corrected chi connectivity index (χ1v) is 30.6. The van der Waals surface area contributed by atoms with Crippen molar-refractivity contribution in [2.24, 2.45) is 0 Å². The van der Waals surface area contributed by atoms with Crippen LogP contribution in [0.15, 0.2) is 33.2 Å². The number of benzene rings is 4. The van der Waals surface area contributed by atoms with E-state index in [2.05, 4.69) is 83.8 Å². The zero-order chi connectivity index (χ0) is 53.3. The summed E-state index contributed by atoms with van der Waals surface area (Å²) < 4.78 is 55.0. The standard InChI is InChI=1S/C60H80B2Br2O12/c1-5-9-13-17-21-25-37-41-29-42-38(26-22-18-14-10-6-2)47-32-48-40(28-24-20-16-12-8-4)44-30-43-39(27-23-19-15-11-7-3)46-31-45(37)57-51(63)58(46)74-35-71-55(43)50(62(67)68)56(44)72-36-76-60(48)52(64)59(47)75-34-70-54(42)49(61(65)66)53(41)69-33-73-57/h29-32,37-40,65-68H,5-28,33-36H2,1-4H3/t37-,38+,39+,40-. The fraction of sp³-hybridized carbons (Fsp3) is 0.600. The largest absolute Gasteiger partial charge is 0.496 e. The van der Waals surface area contributed by atoms with Gasteiger partial charge in [-0.05, 0) is 81.8 Å². The van der Waals surface area contributed by atoms with E-state index in [9.17, 15) is 20.1 Å². The zero-order valence-corrected chi connectivity index (χ0v) is 48.6. The van der Waals surface area contributed by atoms with Crippen molar-refractivity contribution in [1.29, 1.82) is 0 Å². The molecular weight excluding hydrogens is 1090 g/mol. The summed E-state index contributed by atoms with van der Waals surface area (Å²) in [7, 11) is -3.91. The number of rotatable bonds is 26. The summed E-state index contributed by atoms with van der Waals surface area (Å²) in [5.74, 6) is 2.33. The van der Waals surface area contributed by atoms with E-state index >= 15 is 0 Å². The molecule has 0 radical (unpaired) electrons. The van der Waals surface area contributed by atoms with E-state index in [0.717, 1.165) is 173 Å². The Bertz CT molecular complexity index is 2300. The first kappa shape index (κ1) is 56.9. The Morgan fingerprint density at radius 2 is 0.526 bits per heavy atom. The Kier molecular flexibility index (Phi) is 20.2. The topological polar surface area (TPSA) is 155 Å². The summed E-state index contributed by atoms with van der Waals surface area (Å²) >= 11 is 8.15. The van der Waals surface area contributed by atoms with Crippen LogP contribution in [0.4, 0.5) is 0 Å². The predicted molar refractivity (Wildman–Crippen MR) is 306 cm³/mol. The lowest BCUT2D eigenvalue weighted by molar-refractivity contribution is 0.0985. The van der Waals surface area contributed by atoms with Crippen LogP contribution in [-0.4, -0.2) is 61.5 Å². The van der Waals surface area contributed by atoms with Crippen molar-refractivity contribution >= 4 is 57.0 Å². The van der Waals surface area contributed by atoms with Gasteiger partial charge in [-0.2, -0.15) is 0 Å². The van der Waals surface area contributed by atoms with Crippen molar-refractivity contribution in [1.82, 2.24) is 0 Å². The molecule has 4 aromatic rings. The highest BCUT2D eigenvalue weighted by atomic mass is 79.9. The highest BCUT2D eigenvalue weighted by Gasteiger charge is 2.43. The van der Waals surface area contributed by atoms with Crippen LogP contribution in [-0.2, 0) is 0 Å². The number of hydrogen-bond donors (Lipinski definition) is 4. The molecule has 0 saturated carbocycles. The van der Waals surface area contributed by atoms with Crippen molar-refractivity contribution < 1.29 is 58.0 Å². The van der Waals surface area contributed by atoms with Crippen LogP contribution in [0.25, 0.3) is 0 Å². The lowest BCUT2D eigenvalue weighted by Gasteiger charge is -2.37. The van der Waals surface area contributed by atoms with E-state index in [1.54, 1.807) is 0 Å². The van der Waals surface area contributed by atoms with E-state index in [4.69, 9.17) is 37.9 Å². The van der Waals surface area contributed by atoms with Crippen LogP contribution in [0.5, 0.6) is 46.0 Å². The Labute approximate surface area is 468 Å². The minimum atomic E-state index is -1.96. The molecule has 1 aliphatic carbocycles. The second kappa shape index (κ2) is 26.9. The molecule has 4 N–H and O–H groups in total. The molecule has 4 heterocycles. The van der Waals surface area contributed by atoms with Crippen molar-refractivity contribution in [2.75, 3.05) is 27.2 Å². The molecule has 4 atom stereocenters. The lowest BCUT2D eigenvalue weighted by atomic mass is 9.69. The number of ether oxygens (including phenoxy) is 8. The van der Waals surface area contributed by atoms with Crippen LogP contribution < -0.4 is 48.8 Å². The van der Waals surface area contributed by atoms with Gasteiger partial charge in [-0.1, -0.05) is 156 Å². The molecule has 0 aromatic heterocycles. The average molecular weight is 1170 g/mol. The summed E-state index contributed by atoms with van der Waals surface area (Å²) in [6, 6.07) is 9.01. The predicted octanol–water partition coefficient (Wildman–Crippen LogP) is 13.8. The SMILES string of the molecule is CCCCCCC[C@@H]1c2cc3c4c(Br)c2OCOc2c1cc1c(c2B(O)O)OCOc2c(cc5c(c2Br)OCOc2c(cc(c(c2B(O)O)OCO4)[C@H]3CCCCCCC)[C@@H]5CCCCCCC)[C@@H]1CCCCCCC. The van der Waals surface area contributed by atoms with Gasteiger partial charge in [0.25, 0.3) is 0 Å². The van der Waals surface area contributed by atoms with Gasteiger partial charge in [0, 0.05) is 68.2 Å². The molecule has 76 heavy (non-hydrogen) atoms. The van der Waals surface area contributed by atoms with Crippen LogP contribution >= 0.6 is 31.9 Å². The molecule has 412 valence electrons. The molecule has 0 spiro atoms. The van der Waals surface area contributed by atoms with Crippen LogP contribution in [0.1, 0.15) is 250 Å². The smallest absolute Gasteiger partial charge is 0.457 e. The Morgan fingerprint density at radius 1 is 0.329 bits per heavy atom. The summed E-state index contributed by atoms with van der Waals surface area (Å²) in [6.45, 7) is 7.97. The van der Waals surface area contributed by atoms with Gasteiger partial charge in [0.1, 0.15) is 54.9 Å². The molecule has 0 saturated heterocycles. The van der Waals surface area contributed by atoms with Gasteiger partial charge in [-0.25, -0.2) is 0 Å². The van der Waals surface area contributed by atoms with Crippen LogP contribution in [0.3, 0.4) is 0 Å². The molecule has 9 rings (SSSR count). The van der Waals surface area contributed by atoms with Gasteiger partial charge >= 0.3 is 14.2 Å². The monoisotopic (exact) mass is 1170 g/mol. The van der Waals surface area contributed by atoms with Crippen molar-refractivity contribution in [2.45, 2.75) is 205 Å². The average Bonchev–Trinajstić information content (AvgIpc) is 3.43. The highest BCUT2D eigenvalue weighted by Crippen LogP contribution is 2.58. The minimum absolute atomic E-state index is 0.158. The third-order valence-corrected chi connectivity index (χ3v) is 18.1. The summed E-state index contributed by atoms with van der Waals surface area (Å²) in [5.41, 5.74) is 7.38. The maximum Gasteiger partial charge on any atom is 0.496 e. The third kappa shape index (κ3) is 11.9. The molecule has 5 aliphatic rings. The number of hydrogen-bond acceptors (Lipinski definition) is 12. The Morgan fingerprint density at radius 3 is 0.737 bits per heavy atom. The fourth-order valence-corrected chi connectivity index (χ4v) is 14.2. The molecule has 4 aromatic carbocycles. The Balaban J connectivity index is 1.42. The highest BCUT2D eigenvalue weighted by molar-refractivity contribution is 9.11. The number of unbranched alkanes of at least 4 members (excludes halogenated alkanes) is 16. The molecule has 16 heteroatoms. The van der Waals surface area contributed by atoms with Gasteiger partial charge in [0.2, 0.25) is 27.2 Å². The van der Waals surface area contributed by atoms with E-state index in [0.29, 0.717) is 80.6 Å². The summed E-state index contributed by atoms with van der Waals surface area (Å²) in [5, 5.41) is 47.0. The molecule has 0 unspecified atom stereocenters. The van der Waals surface area contributed by atoms with Crippen molar-refractivity contribution in [3.05, 3.63) is 77.7 Å². The first-order chi connectivity index (χ1) is 37.1. The molecule has 8 bridgehead atoms. The van der Waals surface area contributed by atoms with Gasteiger partial charge in [-0.3, -0.25) is 0 Å². The van der Waals surface area contributed by atoms with Crippen molar-refractivity contribution in [3.63, 3.8) is 0 Å². The zero-order valence-electron chi connectivity index (χ0n) is 45.4. The van der Waals surface area contributed by atoms with E-state index < -0.39 is 14.2 Å². The lowest BCUT2D eigenvalue weighted by Crippen LogP contribution is -2.38. The minimum Gasteiger partial charge on any atom is -0.457 e. The second-order valence-electron chi connectivity index (χ2n) is 21.7. The van der Waals surface area contributed by atoms with E-state index in [1.807, 2.05) is 0 Å². The maximum atomic E-state index is 11.7. The molecular formula is C60H80B2Br2O12. The summed E-state index contributed by atoms with van der Waals surface area (Å²) in [4.78, 5) is 0. The van der Waals surface area contributed by atoms with Gasteiger partial charge < -0.3 is 58.0 Å². The van der Waals surface area contributed by atoms with Gasteiger partial charge in [0.15, 0.2) is 0 Å². The van der Waals surface area contributed by atoms with Crippen LogP contribution in [0, 0.1) is 0 Å². The maximum absolute atomic E-state index is 11.7. The van der Waals surface area contributed by atoms with Crippen LogP contribution in [0.2, 0.25) is 0 Å². The normalized spacial score (nSPS) is 18.4. The van der Waals surface area contributed by atoms with Gasteiger partial charge in [-0.15, -0.1) is 0 Å². The van der Waals surface area contributed by atoms with E-state index in [-0.39, 0.29) is 61.8 Å². The fourth-order valence-electron chi connectivity index (χ4n) is 12.8.